The van der Waals surface area contributed by atoms with E-state index < -0.39 is 5.41 Å². The van der Waals surface area contributed by atoms with Gasteiger partial charge in [-0.1, -0.05) is 32.9 Å². The molecule has 1 aromatic carbocycles. The number of carbonyl (C=O) groups is 2. The molecular weight excluding hydrogens is 320 g/mol. The number of ether oxygens (including phenoxy) is 2. The van der Waals surface area contributed by atoms with E-state index >= 15 is 0 Å². The molecule has 6 nitrogen and oxygen atoms in total. The van der Waals surface area contributed by atoms with Crippen molar-refractivity contribution in [3.63, 3.8) is 0 Å². The Balaban J connectivity index is 1.82. The average Bonchev–Trinajstić information content (AvgIpc) is 2.58. The van der Waals surface area contributed by atoms with Crippen molar-refractivity contribution in [2.24, 2.45) is 5.41 Å². The van der Waals surface area contributed by atoms with E-state index in [0.29, 0.717) is 32.0 Å². The Morgan fingerprint density at radius 2 is 1.92 bits per heavy atom. The lowest BCUT2D eigenvalue weighted by molar-refractivity contribution is -0.133. The molecule has 2 rings (SSSR count). The molecule has 0 bridgehead atoms. The van der Waals surface area contributed by atoms with Crippen molar-refractivity contribution in [1.82, 2.24) is 10.2 Å². The minimum Gasteiger partial charge on any atom is -0.486 e. The van der Waals surface area contributed by atoms with E-state index in [1.54, 1.807) is 4.90 Å². The van der Waals surface area contributed by atoms with E-state index in [1.807, 2.05) is 52.0 Å². The van der Waals surface area contributed by atoms with Gasteiger partial charge >= 0.3 is 0 Å². The predicted octanol–water partition coefficient (Wildman–Crippen LogP) is 2.23. The molecule has 6 heteroatoms. The molecule has 1 N–H and O–H groups in total. The largest absolute Gasteiger partial charge is 0.486 e. The second-order valence-electron chi connectivity index (χ2n) is 7.19. The molecule has 2 amide bonds. The molecular formula is C19H28N2O4. The molecule has 1 unspecified atom stereocenters. The van der Waals surface area contributed by atoms with Crippen LogP contribution in [0.3, 0.4) is 0 Å². The Hall–Kier alpha value is -2.24. The molecule has 0 aromatic heterocycles. The van der Waals surface area contributed by atoms with Gasteiger partial charge in [0, 0.05) is 24.9 Å². The Kier molecular flexibility index (Phi) is 6.28. The zero-order chi connectivity index (χ0) is 18.4. The normalized spacial score (nSPS) is 16.2. The van der Waals surface area contributed by atoms with Gasteiger partial charge in [0.15, 0.2) is 17.6 Å². The first-order valence-corrected chi connectivity index (χ1v) is 8.75. The Labute approximate surface area is 149 Å². The zero-order valence-electron chi connectivity index (χ0n) is 15.5. The van der Waals surface area contributed by atoms with Crippen LogP contribution >= 0.6 is 0 Å². The third-order valence-electron chi connectivity index (χ3n) is 4.03. The Bertz CT molecular complexity index is 610. The highest BCUT2D eigenvalue weighted by atomic mass is 16.6. The molecule has 138 valence electrons. The number of benzene rings is 1. The van der Waals surface area contributed by atoms with Gasteiger partial charge in [0.1, 0.15) is 6.61 Å². The van der Waals surface area contributed by atoms with Gasteiger partial charge in [0.05, 0.1) is 6.54 Å². The van der Waals surface area contributed by atoms with Gasteiger partial charge in [-0.2, -0.15) is 0 Å². The highest BCUT2D eigenvalue weighted by molar-refractivity contribution is 5.82. The second kappa shape index (κ2) is 8.23. The van der Waals surface area contributed by atoms with Crippen molar-refractivity contribution >= 4 is 11.8 Å². The maximum atomic E-state index is 12.4. The highest BCUT2D eigenvalue weighted by Gasteiger charge is 2.25. The molecule has 25 heavy (non-hydrogen) atoms. The van der Waals surface area contributed by atoms with Crippen molar-refractivity contribution in [2.75, 3.05) is 26.2 Å². The van der Waals surface area contributed by atoms with Crippen LogP contribution in [-0.4, -0.2) is 49.1 Å². The SMILES string of the molecule is CCN(CC1COc2ccccc2O1)C(=O)CCNC(=O)C(C)(C)C. The molecule has 1 atom stereocenters. The fourth-order valence-electron chi connectivity index (χ4n) is 2.51. The molecule has 1 heterocycles. The number of amides is 2. The summed E-state index contributed by atoms with van der Waals surface area (Å²) >= 11 is 0. The maximum absolute atomic E-state index is 12.4. The first kappa shape index (κ1) is 19.1. The quantitative estimate of drug-likeness (QED) is 0.856. The lowest BCUT2D eigenvalue weighted by Gasteiger charge is -2.31. The minimum absolute atomic E-state index is 0.000771. The average molecular weight is 348 g/mol. The lowest BCUT2D eigenvalue weighted by atomic mass is 9.96. The van der Waals surface area contributed by atoms with E-state index in [-0.39, 0.29) is 24.3 Å². The second-order valence-corrected chi connectivity index (χ2v) is 7.19. The molecule has 0 radical (unpaired) electrons. The summed E-state index contributed by atoms with van der Waals surface area (Å²) < 4.78 is 11.6. The number of nitrogens with zero attached hydrogens (tertiary/aromatic N) is 1. The zero-order valence-corrected chi connectivity index (χ0v) is 15.5. The van der Waals surface area contributed by atoms with Crippen LogP contribution in [0, 0.1) is 5.41 Å². The first-order valence-electron chi connectivity index (χ1n) is 8.75. The number of hydrogen-bond donors (Lipinski definition) is 1. The fourth-order valence-corrected chi connectivity index (χ4v) is 2.51. The summed E-state index contributed by atoms with van der Waals surface area (Å²) in [7, 11) is 0. The van der Waals surface area contributed by atoms with Crippen molar-refractivity contribution in [2.45, 2.75) is 40.2 Å². The standard InChI is InChI=1S/C19H28N2O4/c1-5-21(17(22)10-11-20-18(23)19(2,3)4)12-14-13-24-15-8-6-7-9-16(15)25-14/h6-9,14H,5,10-13H2,1-4H3,(H,20,23). The van der Waals surface area contributed by atoms with Gasteiger partial charge < -0.3 is 19.7 Å². The summed E-state index contributed by atoms with van der Waals surface area (Å²) in [5.74, 6) is 1.39. The smallest absolute Gasteiger partial charge is 0.225 e. The summed E-state index contributed by atoms with van der Waals surface area (Å²) in [4.78, 5) is 26.0. The summed E-state index contributed by atoms with van der Waals surface area (Å²) in [6, 6.07) is 7.52. The predicted molar refractivity (Wildman–Crippen MR) is 95.7 cm³/mol. The Morgan fingerprint density at radius 1 is 1.24 bits per heavy atom. The van der Waals surface area contributed by atoms with Crippen LogP contribution in [0.5, 0.6) is 11.5 Å². The monoisotopic (exact) mass is 348 g/mol. The summed E-state index contributed by atoms with van der Waals surface area (Å²) in [5.41, 5.74) is -0.450. The Morgan fingerprint density at radius 3 is 2.56 bits per heavy atom. The van der Waals surface area contributed by atoms with Gasteiger partial charge in [-0.05, 0) is 19.1 Å². The van der Waals surface area contributed by atoms with Crippen LogP contribution in [0.15, 0.2) is 24.3 Å². The molecule has 1 aliphatic heterocycles. The molecule has 1 aliphatic rings. The van der Waals surface area contributed by atoms with Crippen LogP contribution < -0.4 is 14.8 Å². The number of carbonyl (C=O) groups excluding carboxylic acids is 2. The fraction of sp³-hybridized carbons (Fsp3) is 0.579. The summed E-state index contributed by atoms with van der Waals surface area (Å²) in [6.07, 6.45) is 0.0859. The molecule has 0 spiro atoms. The molecule has 0 saturated heterocycles. The van der Waals surface area contributed by atoms with Crippen LogP contribution in [0.4, 0.5) is 0 Å². The van der Waals surface area contributed by atoms with E-state index in [9.17, 15) is 9.59 Å². The third-order valence-corrected chi connectivity index (χ3v) is 4.03. The molecule has 0 fully saturated rings. The third kappa shape index (κ3) is 5.37. The van der Waals surface area contributed by atoms with Crippen LogP contribution in [-0.2, 0) is 9.59 Å². The summed E-state index contributed by atoms with van der Waals surface area (Å²) in [6.45, 7) is 9.30. The van der Waals surface area contributed by atoms with Crippen molar-refractivity contribution in [1.29, 1.82) is 0 Å². The lowest BCUT2D eigenvalue weighted by Crippen LogP contribution is -2.44. The molecule has 0 saturated carbocycles. The van der Waals surface area contributed by atoms with E-state index in [0.717, 1.165) is 5.75 Å². The number of para-hydroxylation sites is 2. The van der Waals surface area contributed by atoms with Crippen molar-refractivity contribution in [3.8, 4) is 11.5 Å². The molecule has 0 aliphatic carbocycles. The van der Waals surface area contributed by atoms with Gasteiger partial charge in [0.2, 0.25) is 11.8 Å². The molecule has 1 aromatic rings. The highest BCUT2D eigenvalue weighted by Crippen LogP contribution is 2.31. The van der Waals surface area contributed by atoms with Gasteiger partial charge in [-0.25, -0.2) is 0 Å². The van der Waals surface area contributed by atoms with Gasteiger partial charge in [0.25, 0.3) is 0 Å². The maximum Gasteiger partial charge on any atom is 0.225 e. The number of nitrogens with one attached hydrogen (secondary N) is 1. The number of likely N-dealkylation sites (N-methyl/N-ethyl adjacent to an activating group) is 1. The number of hydrogen-bond acceptors (Lipinski definition) is 4. The van der Waals surface area contributed by atoms with Crippen LogP contribution in [0.1, 0.15) is 34.1 Å². The van der Waals surface area contributed by atoms with Gasteiger partial charge in [-0.15, -0.1) is 0 Å². The van der Waals surface area contributed by atoms with Crippen molar-refractivity contribution in [3.05, 3.63) is 24.3 Å². The van der Waals surface area contributed by atoms with Crippen molar-refractivity contribution < 1.29 is 19.1 Å². The summed E-state index contributed by atoms with van der Waals surface area (Å²) in [5, 5.41) is 2.81. The van der Waals surface area contributed by atoms with Gasteiger partial charge in [-0.3, -0.25) is 9.59 Å². The van der Waals surface area contributed by atoms with E-state index in [2.05, 4.69) is 5.32 Å². The van der Waals surface area contributed by atoms with Crippen LogP contribution in [0.25, 0.3) is 0 Å². The van der Waals surface area contributed by atoms with Crippen LogP contribution in [0.2, 0.25) is 0 Å². The number of rotatable bonds is 6. The number of fused-ring (bicyclic) bond motifs is 1. The minimum atomic E-state index is -0.450. The van der Waals surface area contributed by atoms with E-state index in [1.165, 1.54) is 0 Å². The topological polar surface area (TPSA) is 67.9 Å². The first-order chi connectivity index (χ1) is 11.8. The van der Waals surface area contributed by atoms with E-state index in [4.69, 9.17) is 9.47 Å².